The quantitative estimate of drug-likeness (QED) is 0.381. The molecule has 6 heteroatoms. The first kappa shape index (κ1) is 21.0. The van der Waals surface area contributed by atoms with E-state index in [1.807, 2.05) is 72.9 Å². The van der Waals surface area contributed by atoms with Crippen LogP contribution in [0.1, 0.15) is 27.4 Å². The van der Waals surface area contributed by atoms with E-state index in [-0.39, 0.29) is 17.4 Å². The van der Waals surface area contributed by atoms with Crippen LogP contribution in [0.15, 0.2) is 89.9 Å². The second kappa shape index (κ2) is 8.60. The SMILES string of the molecule is Cn1c(=O)cc(C(=O)NCC(c2ccccc2Cl)c2c[nH]c3ccccc23)c2ccccc21. The maximum atomic E-state index is 13.3. The fourth-order valence-electron chi connectivity index (χ4n) is 4.42. The lowest BCUT2D eigenvalue weighted by Gasteiger charge is -2.20. The van der Waals surface area contributed by atoms with E-state index in [0.717, 1.165) is 32.9 Å². The number of carbonyl (C=O) groups is 1. The monoisotopic (exact) mass is 455 g/mol. The lowest BCUT2D eigenvalue weighted by Crippen LogP contribution is -2.31. The fraction of sp³-hybridized carbons (Fsp3) is 0.111. The smallest absolute Gasteiger partial charge is 0.252 e. The summed E-state index contributed by atoms with van der Waals surface area (Å²) in [7, 11) is 1.71. The van der Waals surface area contributed by atoms with Gasteiger partial charge in [0.2, 0.25) is 0 Å². The predicted octanol–water partition coefficient (Wildman–Crippen LogP) is 5.24. The van der Waals surface area contributed by atoms with Crippen molar-refractivity contribution in [3.8, 4) is 0 Å². The Kier molecular flexibility index (Phi) is 5.48. The number of aromatic amines is 1. The highest BCUT2D eigenvalue weighted by Gasteiger charge is 2.22. The Balaban J connectivity index is 1.53. The van der Waals surface area contributed by atoms with Crippen molar-refractivity contribution in [2.45, 2.75) is 5.92 Å². The molecule has 1 atom stereocenters. The number of hydrogen-bond acceptors (Lipinski definition) is 2. The van der Waals surface area contributed by atoms with Gasteiger partial charge < -0.3 is 14.9 Å². The molecule has 2 aromatic heterocycles. The zero-order chi connectivity index (χ0) is 22.9. The molecule has 33 heavy (non-hydrogen) atoms. The molecule has 0 saturated carbocycles. The van der Waals surface area contributed by atoms with Crippen molar-refractivity contribution < 1.29 is 4.79 Å². The van der Waals surface area contributed by atoms with Gasteiger partial charge in [0, 0.05) is 53.1 Å². The number of para-hydroxylation sites is 2. The van der Waals surface area contributed by atoms with Crippen molar-refractivity contribution in [2.24, 2.45) is 7.05 Å². The predicted molar refractivity (Wildman–Crippen MR) is 133 cm³/mol. The van der Waals surface area contributed by atoms with Crippen molar-refractivity contribution in [3.05, 3.63) is 117 Å². The van der Waals surface area contributed by atoms with Crippen molar-refractivity contribution in [1.29, 1.82) is 0 Å². The van der Waals surface area contributed by atoms with Crippen LogP contribution in [0.25, 0.3) is 21.8 Å². The summed E-state index contributed by atoms with van der Waals surface area (Å²) in [6, 6.07) is 24.5. The number of nitrogens with zero attached hydrogens (tertiary/aromatic N) is 1. The fourth-order valence-corrected chi connectivity index (χ4v) is 4.68. The molecule has 1 unspecified atom stereocenters. The Hall–Kier alpha value is -3.83. The average Bonchev–Trinajstić information content (AvgIpc) is 3.26. The number of nitrogens with one attached hydrogen (secondary N) is 2. The number of fused-ring (bicyclic) bond motifs is 2. The molecule has 0 spiro atoms. The number of carbonyl (C=O) groups excluding carboxylic acids is 1. The highest BCUT2D eigenvalue weighted by molar-refractivity contribution is 6.31. The van der Waals surface area contributed by atoms with E-state index in [4.69, 9.17) is 11.6 Å². The molecule has 0 bridgehead atoms. The number of amides is 1. The molecule has 0 fully saturated rings. The van der Waals surface area contributed by atoms with Gasteiger partial charge in [-0.2, -0.15) is 0 Å². The van der Waals surface area contributed by atoms with Crippen molar-refractivity contribution in [2.75, 3.05) is 6.54 Å². The minimum absolute atomic E-state index is 0.170. The maximum absolute atomic E-state index is 13.3. The minimum atomic E-state index is -0.291. The van der Waals surface area contributed by atoms with Crippen LogP contribution < -0.4 is 10.9 Å². The molecule has 5 nitrogen and oxygen atoms in total. The highest BCUT2D eigenvalue weighted by Crippen LogP contribution is 2.34. The number of hydrogen-bond donors (Lipinski definition) is 2. The molecule has 2 heterocycles. The minimum Gasteiger partial charge on any atom is -0.361 e. The molecule has 0 aliphatic heterocycles. The Morgan fingerprint density at radius 1 is 0.970 bits per heavy atom. The number of aryl methyl sites for hydroxylation is 1. The highest BCUT2D eigenvalue weighted by atomic mass is 35.5. The zero-order valence-electron chi connectivity index (χ0n) is 18.0. The Bertz CT molecular complexity index is 1550. The summed E-state index contributed by atoms with van der Waals surface area (Å²) in [4.78, 5) is 29.0. The largest absolute Gasteiger partial charge is 0.361 e. The van der Waals surface area contributed by atoms with Crippen LogP contribution >= 0.6 is 11.6 Å². The van der Waals surface area contributed by atoms with Gasteiger partial charge in [-0.25, -0.2) is 0 Å². The van der Waals surface area contributed by atoms with Gasteiger partial charge in [-0.1, -0.05) is 66.2 Å². The Morgan fingerprint density at radius 2 is 1.67 bits per heavy atom. The van der Waals surface area contributed by atoms with E-state index >= 15 is 0 Å². The Labute approximate surface area is 195 Å². The summed E-state index contributed by atoms with van der Waals surface area (Å²) in [5.74, 6) is -0.461. The molecular weight excluding hydrogens is 434 g/mol. The summed E-state index contributed by atoms with van der Waals surface area (Å²) in [6.07, 6.45) is 1.97. The molecule has 1 amide bonds. The van der Waals surface area contributed by atoms with Crippen LogP contribution in [0.3, 0.4) is 0 Å². The molecule has 5 rings (SSSR count). The normalized spacial score (nSPS) is 12.2. The molecule has 0 aliphatic rings. The van der Waals surface area contributed by atoms with Crippen LogP contribution in [-0.4, -0.2) is 22.0 Å². The summed E-state index contributed by atoms with van der Waals surface area (Å²) in [6.45, 7) is 0.327. The van der Waals surface area contributed by atoms with Crippen LogP contribution in [0.5, 0.6) is 0 Å². The third kappa shape index (κ3) is 3.81. The van der Waals surface area contributed by atoms with E-state index in [1.165, 1.54) is 6.07 Å². The van der Waals surface area contributed by atoms with E-state index < -0.39 is 0 Å². The molecular formula is C27H22ClN3O2. The first-order valence-corrected chi connectivity index (χ1v) is 11.1. The molecule has 0 saturated heterocycles. The van der Waals surface area contributed by atoms with Crippen LogP contribution in [-0.2, 0) is 7.05 Å². The third-order valence-electron chi connectivity index (χ3n) is 6.14. The van der Waals surface area contributed by atoms with Crippen molar-refractivity contribution >= 4 is 39.3 Å². The van der Waals surface area contributed by atoms with E-state index in [0.29, 0.717) is 17.1 Å². The summed E-state index contributed by atoms with van der Waals surface area (Å²) in [5, 5.41) is 5.51. The van der Waals surface area contributed by atoms with Gasteiger partial charge in [0.05, 0.1) is 11.1 Å². The van der Waals surface area contributed by atoms with Gasteiger partial charge in [0.25, 0.3) is 11.5 Å². The third-order valence-corrected chi connectivity index (χ3v) is 6.49. The van der Waals surface area contributed by atoms with Crippen LogP contribution in [0.2, 0.25) is 5.02 Å². The Morgan fingerprint density at radius 3 is 2.48 bits per heavy atom. The van der Waals surface area contributed by atoms with Gasteiger partial charge in [0.15, 0.2) is 0 Å². The second-order valence-corrected chi connectivity index (χ2v) is 8.45. The van der Waals surface area contributed by atoms with E-state index in [2.05, 4.69) is 16.4 Å². The molecule has 164 valence electrons. The van der Waals surface area contributed by atoms with Crippen LogP contribution in [0, 0.1) is 0 Å². The number of pyridine rings is 1. The lowest BCUT2D eigenvalue weighted by molar-refractivity contribution is 0.0954. The van der Waals surface area contributed by atoms with Crippen molar-refractivity contribution in [3.63, 3.8) is 0 Å². The van der Waals surface area contributed by atoms with Gasteiger partial charge in [-0.3, -0.25) is 9.59 Å². The molecule has 0 aliphatic carbocycles. The van der Waals surface area contributed by atoms with Gasteiger partial charge >= 0.3 is 0 Å². The van der Waals surface area contributed by atoms with Gasteiger partial charge in [0.1, 0.15) is 0 Å². The zero-order valence-corrected chi connectivity index (χ0v) is 18.8. The lowest BCUT2D eigenvalue weighted by atomic mass is 9.90. The van der Waals surface area contributed by atoms with E-state index in [9.17, 15) is 9.59 Å². The first-order valence-electron chi connectivity index (χ1n) is 10.7. The van der Waals surface area contributed by atoms with Gasteiger partial charge in [-0.15, -0.1) is 0 Å². The topological polar surface area (TPSA) is 66.9 Å². The first-order chi connectivity index (χ1) is 16.0. The van der Waals surface area contributed by atoms with E-state index in [1.54, 1.807) is 11.6 Å². The summed E-state index contributed by atoms with van der Waals surface area (Å²) in [5.41, 5.74) is 3.86. The molecule has 0 radical (unpaired) electrons. The van der Waals surface area contributed by atoms with Gasteiger partial charge in [-0.05, 0) is 29.3 Å². The standard InChI is InChI=1S/C27H22ClN3O2/c1-31-25-13-7-4-10-19(25)20(14-26(31)32)27(33)30-16-21(17-8-2-5-11-23(17)28)22-15-29-24-12-6-3-9-18(22)24/h2-15,21,29H,16H2,1H3,(H,30,33). The van der Waals surface area contributed by atoms with Crippen molar-refractivity contribution in [1.82, 2.24) is 14.9 Å². The number of rotatable bonds is 5. The van der Waals surface area contributed by atoms with Crippen LogP contribution in [0.4, 0.5) is 0 Å². The molecule has 3 aromatic carbocycles. The number of H-pyrrole nitrogens is 1. The maximum Gasteiger partial charge on any atom is 0.252 e. The number of halogens is 1. The molecule has 2 N–H and O–H groups in total. The average molecular weight is 456 g/mol. The summed E-state index contributed by atoms with van der Waals surface area (Å²) >= 11 is 6.57. The molecule has 5 aromatic rings. The number of benzene rings is 3. The number of aromatic nitrogens is 2. The summed E-state index contributed by atoms with van der Waals surface area (Å²) < 4.78 is 1.55. The second-order valence-electron chi connectivity index (χ2n) is 8.05.